The minimum Gasteiger partial charge on any atom is -0.384 e. The number of thioether (sulfide) groups is 1. The summed E-state index contributed by atoms with van der Waals surface area (Å²) in [6.45, 7) is 6.02. The number of fused-ring (bicyclic) bond motifs is 1. The van der Waals surface area contributed by atoms with Crippen LogP contribution in [0.5, 0.6) is 0 Å². The first-order valence-corrected chi connectivity index (χ1v) is 7.55. The highest BCUT2D eigenvalue weighted by Crippen LogP contribution is 2.24. The number of hydrogen-bond donors (Lipinski definition) is 2. The molecule has 0 unspecified atom stereocenters. The van der Waals surface area contributed by atoms with Crippen LogP contribution in [0.1, 0.15) is 29.8 Å². The van der Waals surface area contributed by atoms with Gasteiger partial charge < -0.3 is 10.6 Å². The Morgan fingerprint density at radius 3 is 3.06 bits per heavy atom. The van der Waals surface area contributed by atoms with Crippen molar-refractivity contribution >= 4 is 23.4 Å². The molecule has 0 fully saturated rings. The molecule has 0 saturated heterocycles. The van der Waals surface area contributed by atoms with Crippen LogP contribution in [-0.4, -0.2) is 24.0 Å². The fourth-order valence-corrected chi connectivity index (χ4v) is 2.89. The van der Waals surface area contributed by atoms with Gasteiger partial charge in [0.05, 0.1) is 5.56 Å². The maximum Gasteiger partial charge on any atom is 0.253 e. The van der Waals surface area contributed by atoms with Gasteiger partial charge >= 0.3 is 0 Å². The van der Waals surface area contributed by atoms with Crippen LogP contribution in [-0.2, 0) is 6.54 Å². The van der Waals surface area contributed by atoms with Crippen molar-refractivity contribution in [2.45, 2.75) is 20.4 Å². The Labute approximate surface area is 113 Å². The molecular weight excluding hydrogens is 244 g/mol. The molecule has 1 aliphatic heterocycles. The predicted molar refractivity (Wildman–Crippen MR) is 78.3 cm³/mol. The SMILES string of the molecule is CC(C)CSCCNc1cccc2c1C(=O)NC2. The maximum atomic E-state index is 11.7. The van der Waals surface area contributed by atoms with Gasteiger partial charge in [-0.2, -0.15) is 11.8 Å². The Balaban J connectivity index is 1.87. The van der Waals surface area contributed by atoms with Crippen molar-refractivity contribution < 1.29 is 4.79 Å². The Bertz CT molecular complexity index is 432. The summed E-state index contributed by atoms with van der Waals surface area (Å²) in [5.41, 5.74) is 2.89. The molecule has 0 radical (unpaired) electrons. The van der Waals surface area contributed by atoms with Crippen LogP contribution in [0.4, 0.5) is 5.69 Å². The summed E-state index contributed by atoms with van der Waals surface area (Å²) in [6, 6.07) is 5.99. The molecule has 0 aliphatic carbocycles. The highest BCUT2D eigenvalue weighted by atomic mass is 32.2. The Kier molecular flexibility index (Phi) is 4.53. The summed E-state index contributed by atoms with van der Waals surface area (Å²) in [6.07, 6.45) is 0. The van der Waals surface area contributed by atoms with Crippen molar-refractivity contribution in [1.29, 1.82) is 0 Å². The third-order valence-electron chi connectivity index (χ3n) is 2.83. The fraction of sp³-hybridized carbons (Fsp3) is 0.500. The Morgan fingerprint density at radius 2 is 2.28 bits per heavy atom. The van der Waals surface area contributed by atoms with Gasteiger partial charge in [0.2, 0.25) is 0 Å². The molecule has 0 atom stereocenters. The summed E-state index contributed by atoms with van der Waals surface area (Å²) < 4.78 is 0. The second-order valence-electron chi connectivity index (χ2n) is 4.92. The first kappa shape index (κ1) is 13.3. The molecule has 98 valence electrons. The van der Waals surface area contributed by atoms with Crippen molar-refractivity contribution in [2.24, 2.45) is 5.92 Å². The Hall–Kier alpha value is -1.16. The fourth-order valence-electron chi connectivity index (χ4n) is 2.00. The molecule has 1 aliphatic rings. The molecule has 4 heteroatoms. The first-order chi connectivity index (χ1) is 8.68. The molecule has 3 nitrogen and oxygen atoms in total. The molecule has 18 heavy (non-hydrogen) atoms. The lowest BCUT2D eigenvalue weighted by Crippen LogP contribution is -2.15. The van der Waals surface area contributed by atoms with Gasteiger partial charge in [0, 0.05) is 24.5 Å². The van der Waals surface area contributed by atoms with Crippen molar-refractivity contribution in [1.82, 2.24) is 5.32 Å². The van der Waals surface area contributed by atoms with E-state index in [0.717, 1.165) is 35.0 Å². The van der Waals surface area contributed by atoms with E-state index in [1.807, 2.05) is 30.0 Å². The molecule has 0 spiro atoms. The normalized spacial score (nSPS) is 13.6. The number of benzene rings is 1. The van der Waals surface area contributed by atoms with E-state index in [-0.39, 0.29) is 5.91 Å². The van der Waals surface area contributed by atoms with E-state index in [1.54, 1.807) is 0 Å². The molecule has 2 rings (SSSR count). The molecule has 1 amide bonds. The molecule has 0 aromatic heterocycles. The molecule has 0 saturated carbocycles. The zero-order valence-corrected chi connectivity index (χ0v) is 11.8. The largest absolute Gasteiger partial charge is 0.384 e. The van der Waals surface area contributed by atoms with Gasteiger partial charge in [0.1, 0.15) is 0 Å². The van der Waals surface area contributed by atoms with Crippen molar-refractivity contribution in [3.8, 4) is 0 Å². The van der Waals surface area contributed by atoms with E-state index < -0.39 is 0 Å². The number of carbonyl (C=O) groups is 1. The van der Waals surface area contributed by atoms with E-state index in [2.05, 4.69) is 24.5 Å². The van der Waals surface area contributed by atoms with Crippen molar-refractivity contribution in [3.05, 3.63) is 29.3 Å². The zero-order valence-electron chi connectivity index (χ0n) is 11.0. The van der Waals surface area contributed by atoms with Crippen LogP contribution in [0.25, 0.3) is 0 Å². The number of anilines is 1. The standard InChI is InChI=1S/C14H20N2OS/c1-10(2)9-18-7-6-15-12-5-3-4-11-8-16-14(17)13(11)12/h3-5,10,15H,6-9H2,1-2H3,(H,16,17). The van der Waals surface area contributed by atoms with E-state index in [1.165, 1.54) is 5.75 Å². The summed E-state index contributed by atoms with van der Waals surface area (Å²) in [4.78, 5) is 11.7. The predicted octanol–water partition coefficient (Wildman–Crippen LogP) is 2.73. The van der Waals surface area contributed by atoms with Gasteiger partial charge in [-0.25, -0.2) is 0 Å². The summed E-state index contributed by atoms with van der Waals surface area (Å²) >= 11 is 1.95. The summed E-state index contributed by atoms with van der Waals surface area (Å²) in [5, 5.41) is 6.23. The third-order valence-corrected chi connectivity index (χ3v) is 4.23. The number of rotatable bonds is 6. The smallest absolute Gasteiger partial charge is 0.253 e. The Morgan fingerprint density at radius 1 is 1.44 bits per heavy atom. The number of amides is 1. The monoisotopic (exact) mass is 264 g/mol. The van der Waals surface area contributed by atoms with E-state index in [4.69, 9.17) is 0 Å². The van der Waals surface area contributed by atoms with Gasteiger partial charge in [-0.1, -0.05) is 26.0 Å². The quantitative estimate of drug-likeness (QED) is 0.776. The van der Waals surface area contributed by atoms with Crippen molar-refractivity contribution in [3.63, 3.8) is 0 Å². The molecule has 2 N–H and O–H groups in total. The van der Waals surface area contributed by atoms with E-state index in [0.29, 0.717) is 6.54 Å². The molecule has 1 heterocycles. The maximum absolute atomic E-state index is 11.7. The molecule has 1 aromatic rings. The number of nitrogens with one attached hydrogen (secondary N) is 2. The molecule has 1 aromatic carbocycles. The summed E-state index contributed by atoms with van der Waals surface area (Å²) in [5.74, 6) is 3.04. The highest BCUT2D eigenvalue weighted by Gasteiger charge is 2.21. The third kappa shape index (κ3) is 3.19. The second kappa shape index (κ2) is 6.14. The topological polar surface area (TPSA) is 41.1 Å². The molecular formula is C14H20N2OS. The van der Waals surface area contributed by atoms with Crippen LogP contribution in [0.2, 0.25) is 0 Å². The van der Waals surface area contributed by atoms with Gasteiger partial charge in [-0.05, 0) is 23.3 Å². The summed E-state index contributed by atoms with van der Waals surface area (Å²) in [7, 11) is 0. The lowest BCUT2D eigenvalue weighted by Gasteiger charge is -2.10. The van der Waals surface area contributed by atoms with Gasteiger partial charge in [-0.3, -0.25) is 4.79 Å². The van der Waals surface area contributed by atoms with Crippen molar-refractivity contribution in [2.75, 3.05) is 23.4 Å². The van der Waals surface area contributed by atoms with Crippen LogP contribution in [0.15, 0.2) is 18.2 Å². The van der Waals surface area contributed by atoms with E-state index in [9.17, 15) is 4.79 Å². The minimum absolute atomic E-state index is 0.0444. The highest BCUT2D eigenvalue weighted by molar-refractivity contribution is 7.99. The second-order valence-corrected chi connectivity index (χ2v) is 6.07. The number of carbonyl (C=O) groups excluding carboxylic acids is 1. The van der Waals surface area contributed by atoms with Crippen LogP contribution in [0.3, 0.4) is 0 Å². The van der Waals surface area contributed by atoms with Crippen LogP contribution < -0.4 is 10.6 Å². The lowest BCUT2D eigenvalue weighted by atomic mass is 10.1. The van der Waals surface area contributed by atoms with Crippen LogP contribution in [0, 0.1) is 5.92 Å². The average Bonchev–Trinajstić information content (AvgIpc) is 2.71. The van der Waals surface area contributed by atoms with Gasteiger partial charge in [0.15, 0.2) is 0 Å². The molecule has 0 bridgehead atoms. The van der Waals surface area contributed by atoms with Gasteiger partial charge in [0.25, 0.3) is 5.91 Å². The first-order valence-electron chi connectivity index (χ1n) is 6.40. The average molecular weight is 264 g/mol. The number of hydrogen-bond acceptors (Lipinski definition) is 3. The minimum atomic E-state index is 0.0444. The van der Waals surface area contributed by atoms with Crippen LogP contribution >= 0.6 is 11.8 Å². The lowest BCUT2D eigenvalue weighted by molar-refractivity contribution is 0.0966. The van der Waals surface area contributed by atoms with Gasteiger partial charge in [-0.15, -0.1) is 0 Å². The van der Waals surface area contributed by atoms with E-state index >= 15 is 0 Å². The zero-order chi connectivity index (χ0) is 13.0.